The number of rotatable bonds is 25. The minimum Gasteiger partial charge on any atom is -0.544 e. The first kappa shape index (κ1) is 92.1. The first-order valence-electron chi connectivity index (χ1n) is 37.6. The van der Waals surface area contributed by atoms with Crippen molar-refractivity contribution < 1.29 is 74.7 Å². The van der Waals surface area contributed by atoms with Gasteiger partial charge >= 0.3 is 18.3 Å². The number of imide groups is 3. The molecule has 2 heterocycles. The molecule has 0 aromatic heterocycles. The second kappa shape index (κ2) is 33.9. The number of ether oxygens (including phenoxy) is 3. The smallest absolute Gasteiger partial charge is 0.426 e. The van der Waals surface area contributed by atoms with Crippen LogP contribution in [-0.4, -0.2) is 183 Å². The van der Waals surface area contributed by atoms with Crippen LogP contribution in [0.25, 0.3) is 0 Å². The van der Waals surface area contributed by atoms with Gasteiger partial charge in [0.25, 0.3) is 5.91 Å². The number of nitrogens with zero attached hydrogens (tertiary/aromatic N) is 3. The van der Waals surface area contributed by atoms with Crippen LogP contribution in [-0.2, 0) is 68.9 Å². The topological polar surface area (TPSA) is 256 Å². The highest BCUT2D eigenvalue weighted by atomic mass is 28.4. The number of benzene rings is 2. The maximum absolute atomic E-state index is 16.8. The molecule has 10 unspecified atom stereocenters. The summed E-state index contributed by atoms with van der Waals surface area (Å²) in [6.45, 7) is 68.3. The number of carbonyl (C=O) groups excluding carboxylic acids is 8. The summed E-state index contributed by atoms with van der Waals surface area (Å²) in [5, 5.41) is 7.38. The lowest BCUT2D eigenvalue weighted by atomic mass is 9.99. The van der Waals surface area contributed by atoms with E-state index < -0.39 is 182 Å². The molecule has 27 heteroatoms. The van der Waals surface area contributed by atoms with Gasteiger partial charge in [-0.3, -0.25) is 24.0 Å². The van der Waals surface area contributed by atoms with Crippen LogP contribution in [0.2, 0.25) is 90.7 Å². The van der Waals surface area contributed by atoms with E-state index >= 15 is 24.0 Å². The van der Waals surface area contributed by atoms with Crippen molar-refractivity contribution in [2.75, 3.05) is 13.1 Å². The van der Waals surface area contributed by atoms with Crippen LogP contribution in [0.15, 0.2) is 54.6 Å². The Morgan fingerprint density at radius 3 is 1.43 bits per heavy atom. The first-order valence-corrected chi connectivity index (χ1v) is 52.2. The summed E-state index contributed by atoms with van der Waals surface area (Å²) in [5.41, 5.74) is -0.958. The van der Waals surface area contributed by atoms with Gasteiger partial charge in [-0.2, -0.15) is 0 Å². The molecule has 22 nitrogen and oxygen atoms in total. The van der Waals surface area contributed by atoms with Crippen molar-refractivity contribution in [1.29, 1.82) is 0 Å². The Kier molecular flexibility index (Phi) is 29.8. The summed E-state index contributed by atoms with van der Waals surface area (Å²) in [6.07, 6.45) is -7.60. The zero-order valence-electron chi connectivity index (χ0n) is 71.0. The average molecular weight is 1560 g/mol. The summed E-state index contributed by atoms with van der Waals surface area (Å²) in [6, 6.07) is 9.27. The fourth-order valence-corrected chi connectivity index (χ4v) is 17.5. The van der Waals surface area contributed by atoms with E-state index in [0.717, 1.165) is 11.1 Å². The van der Waals surface area contributed by atoms with E-state index in [1.54, 1.807) is 62.3 Å². The van der Waals surface area contributed by atoms with Crippen molar-refractivity contribution in [1.82, 2.24) is 30.7 Å². The zero-order valence-corrected chi connectivity index (χ0v) is 76.0. The summed E-state index contributed by atoms with van der Waals surface area (Å²) in [5.74, 6) is -4.60. The largest absolute Gasteiger partial charge is 0.544 e. The highest BCUT2D eigenvalue weighted by molar-refractivity contribution is 6.76. The predicted molar refractivity (Wildman–Crippen MR) is 428 cm³/mol. The van der Waals surface area contributed by atoms with E-state index in [1.165, 1.54) is 9.80 Å². The van der Waals surface area contributed by atoms with E-state index in [9.17, 15) is 14.4 Å². The van der Waals surface area contributed by atoms with E-state index in [0.29, 0.717) is 10.6 Å². The van der Waals surface area contributed by atoms with Gasteiger partial charge in [0.2, 0.25) is 31.9 Å². The highest BCUT2D eigenvalue weighted by Gasteiger charge is 2.57. The fraction of sp³-hybridized carbons (Fsp3) is 0.744. The van der Waals surface area contributed by atoms with Crippen LogP contribution in [0.5, 0.6) is 5.75 Å². The third kappa shape index (κ3) is 24.6. The Bertz CT molecular complexity index is 3310. The molecule has 3 N–H and O–H groups in total. The normalized spacial score (nSPS) is 19.9. The molecule has 10 atom stereocenters. The Morgan fingerprint density at radius 2 is 0.971 bits per heavy atom. The molecule has 2 aromatic carbocycles. The van der Waals surface area contributed by atoms with Crippen LogP contribution in [0.4, 0.5) is 14.4 Å². The quantitative estimate of drug-likeness (QED) is 0.0617. The Hall–Kier alpha value is -5.28. The van der Waals surface area contributed by atoms with Crippen LogP contribution < -0.4 is 20.4 Å². The van der Waals surface area contributed by atoms with Crippen molar-refractivity contribution in [3.63, 3.8) is 0 Å². The van der Waals surface area contributed by atoms with Crippen LogP contribution in [0, 0.1) is 11.8 Å². The Labute approximate surface area is 636 Å². The molecule has 2 aliphatic rings. The monoisotopic (exact) mass is 1550 g/mol. The molecule has 0 bridgehead atoms. The number of amides is 8. The van der Waals surface area contributed by atoms with Crippen LogP contribution in [0.1, 0.15) is 191 Å². The molecule has 0 spiro atoms. The SMILES string of the molecule is CC(C)C(NC(=O)OCc1ccccc1)C(=O)N1CC(O[Si](C)(C)C(C)(C)C)CC1C(=O)NC(C(=O)NC(C(=O)N1CC(C)C(O[Si](C)(C)C(C)(C)C)C1C(=O)N(C(=O)OC(C)(C)C)C(=O)OC(C)(C)C)C(C)O[Si](C)(C)C(C)(C)C)C(Cc1ccc(O[Si](C)(C)C(C)(C)C)cc1)O[Si](C)(C)C(C)(C)C. The molecule has 2 saturated heterocycles. The van der Waals surface area contributed by atoms with Gasteiger partial charge in [0, 0.05) is 25.4 Å². The minimum atomic E-state index is -3.03. The Balaban J connectivity index is 2.14. The minimum absolute atomic E-state index is 0.00786. The second-order valence-corrected chi connectivity index (χ2v) is 63.0. The summed E-state index contributed by atoms with van der Waals surface area (Å²) < 4.78 is 52.9. The maximum atomic E-state index is 16.8. The molecule has 0 aliphatic carbocycles. The van der Waals surface area contributed by atoms with Crippen molar-refractivity contribution >= 4 is 89.4 Å². The molecular weight excluding hydrogens is 1420 g/mol. The third-order valence-electron chi connectivity index (χ3n) is 22.4. The molecule has 0 radical (unpaired) electrons. The van der Waals surface area contributed by atoms with Gasteiger partial charge in [-0.15, -0.1) is 4.90 Å². The van der Waals surface area contributed by atoms with Gasteiger partial charge in [-0.25, -0.2) is 14.4 Å². The van der Waals surface area contributed by atoms with Crippen molar-refractivity contribution in [3.8, 4) is 5.75 Å². The first-order chi connectivity index (χ1) is 47.2. The molecule has 596 valence electrons. The van der Waals surface area contributed by atoms with Gasteiger partial charge in [0.1, 0.15) is 53.8 Å². The van der Waals surface area contributed by atoms with E-state index in [2.05, 4.69) is 104 Å². The molecule has 105 heavy (non-hydrogen) atoms. The standard InChI is InChI=1S/C78H138N6O16Si5/c1-50(2)59(81-69(90)93-49-54-39-37-36-38-40-54)66(87)82-48-56(98-103(30,31)76(17,18)19)46-57(82)64(85)80-61(58(99-104(32,33)77(20,21)22)45-53-41-43-55(44-42-53)97-102(28,29)75(14,15)16)65(86)79-60(52(4)96-101(26,27)74(11,12)13)67(88)83-47-51(3)63(100-105(34,35)78(23,24)25)62(83)68(89)84(70(91)94-72(5,6)7)71(92)95-73(8,9)10/h36-44,50-52,56-63H,45-49H2,1-35H3,(H,79,86)(H,80,85)(H,81,90). The van der Waals surface area contributed by atoms with Gasteiger partial charge in [0.15, 0.2) is 33.3 Å². The summed E-state index contributed by atoms with van der Waals surface area (Å²) >= 11 is 0. The number of hydrogen-bond acceptors (Lipinski definition) is 16. The molecule has 4 rings (SSSR count). The Morgan fingerprint density at radius 1 is 0.514 bits per heavy atom. The number of nitrogens with one attached hydrogen (secondary N) is 3. The molecule has 8 amide bonds. The molecule has 0 saturated carbocycles. The lowest BCUT2D eigenvalue weighted by molar-refractivity contribution is -0.149. The lowest BCUT2D eigenvalue weighted by Crippen LogP contribution is -2.66. The predicted octanol–water partition coefficient (Wildman–Crippen LogP) is 16.3. The number of likely N-dealkylation sites (tertiary alicyclic amines) is 2. The average Bonchev–Trinajstić information content (AvgIpc) is 1.60. The maximum Gasteiger partial charge on any atom is 0.426 e. The molecule has 2 aromatic rings. The van der Waals surface area contributed by atoms with Crippen molar-refractivity contribution in [3.05, 3.63) is 65.7 Å². The van der Waals surface area contributed by atoms with E-state index in [1.807, 2.05) is 142 Å². The van der Waals surface area contributed by atoms with Gasteiger partial charge < -0.3 is 62.1 Å². The number of carbonyl (C=O) groups is 8. The summed E-state index contributed by atoms with van der Waals surface area (Å²) in [7, 11) is -13.8. The van der Waals surface area contributed by atoms with Crippen LogP contribution in [0.3, 0.4) is 0 Å². The number of hydrogen-bond donors (Lipinski definition) is 3. The number of alkyl carbamates (subject to hydrolysis) is 1. The van der Waals surface area contributed by atoms with E-state index in [4.69, 9.17) is 36.3 Å². The molecule has 2 aliphatic heterocycles. The van der Waals surface area contributed by atoms with Crippen molar-refractivity contribution in [2.24, 2.45) is 11.8 Å². The lowest BCUT2D eigenvalue weighted by Gasteiger charge is -2.43. The highest BCUT2D eigenvalue weighted by Crippen LogP contribution is 2.45. The molecule has 2 fully saturated rings. The van der Waals surface area contributed by atoms with E-state index in [-0.39, 0.29) is 42.6 Å². The van der Waals surface area contributed by atoms with Gasteiger partial charge in [-0.1, -0.05) is 167 Å². The van der Waals surface area contributed by atoms with Gasteiger partial charge in [-0.05, 0) is 175 Å². The summed E-state index contributed by atoms with van der Waals surface area (Å²) in [4.78, 5) is 127. The molecular formula is C78H138N6O16Si5. The fourth-order valence-electron chi connectivity index (χ4n) is 11.0. The van der Waals surface area contributed by atoms with Gasteiger partial charge in [0.05, 0.1) is 24.4 Å². The van der Waals surface area contributed by atoms with Crippen LogP contribution >= 0.6 is 0 Å². The zero-order chi connectivity index (χ0) is 81.1. The van der Waals surface area contributed by atoms with Crippen molar-refractivity contribution in [2.45, 2.75) is 349 Å². The third-order valence-corrected chi connectivity index (χ3v) is 44.9. The second-order valence-electron chi connectivity index (χ2n) is 39.2.